The molecule has 6 atom stereocenters. The number of aliphatic hydroxyl groups is 1. The molecular formula is C37H53N3O4. The molecule has 2 aromatic carbocycles. The zero-order valence-corrected chi connectivity index (χ0v) is 27.4. The van der Waals surface area contributed by atoms with Crippen molar-refractivity contribution in [1.29, 1.82) is 0 Å². The van der Waals surface area contributed by atoms with Crippen LogP contribution in [-0.2, 0) is 20.7 Å². The van der Waals surface area contributed by atoms with Crippen molar-refractivity contribution in [3.63, 3.8) is 0 Å². The fraction of sp³-hybridized carbons (Fsp3) is 0.514. The van der Waals surface area contributed by atoms with E-state index in [1.54, 1.807) is 24.1 Å². The van der Waals surface area contributed by atoms with Crippen molar-refractivity contribution in [2.45, 2.75) is 96.6 Å². The number of hydrogen-bond acceptors (Lipinski definition) is 5. The van der Waals surface area contributed by atoms with Gasteiger partial charge in [-0.05, 0) is 61.8 Å². The van der Waals surface area contributed by atoms with Gasteiger partial charge in [0.25, 0.3) is 0 Å². The van der Waals surface area contributed by atoms with Gasteiger partial charge in [-0.2, -0.15) is 0 Å². The van der Waals surface area contributed by atoms with E-state index >= 15 is 0 Å². The van der Waals surface area contributed by atoms with Crippen LogP contribution in [0.3, 0.4) is 0 Å². The van der Waals surface area contributed by atoms with Crippen molar-refractivity contribution in [2.24, 2.45) is 5.92 Å². The minimum atomic E-state index is -0.879. The van der Waals surface area contributed by atoms with Crippen molar-refractivity contribution in [1.82, 2.24) is 15.5 Å². The summed E-state index contributed by atoms with van der Waals surface area (Å²) in [6, 6.07) is 12.9. The van der Waals surface area contributed by atoms with Gasteiger partial charge in [0, 0.05) is 25.6 Å². The molecule has 1 aliphatic carbocycles. The summed E-state index contributed by atoms with van der Waals surface area (Å²) in [5.74, 6) is -0.518. The van der Waals surface area contributed by atoms with Crippen LogP contribution in [0.15, 0.2) is 67.8 Å². The fourth-order valence-electron chi connectivity index (χ4n) is 6.30. The lowest BCUT2D eigenvalue weighted by molar-refractivity contribution is -0.142. The maximum Gasteiger partial charge on any atom is 0.243 e. The smallest absolute Gasteiger partial charge is 0.243 e. The van der Waals surface area contributed by atoms with Crippen molar-refractivity contribution in [3.8, 4) is 0 Å². The lowest BCUT2D eigenvalue weighted by atomic mass is 9.98. The van der Waals surface area contributed by atoms with Gasteiger partial charge >= 0.3 is 0 Å². The van der Waals surface area contributed by atoms with E-state index in [0.29, 0.717) is 19.4 Å². The van der Waals surface area contributed by atoms with E-state index in [1.807, 2.05) is 37.3 Å². The molecule has 240 valence electrons. The lowest BCUT2D eigenvalue weighted by Crippen LogP contribution is -2.55. The Hall–Kier alpha value is -3.26. The standard InChI is InChI=1S/C37H53N3O4/c1-8-11-16-26(5)37(43)40(7)32(15-9-2)36(42)39-31(22-28-17-13-12-14-18-28)33(41)24-38-30-23-34(44-19-10-3)35-27(6)20-25(4)21-29(30)35/h9-10,12-14,17-18,20-21,26,30-34,38,41H,2-3,8,11,15-16,19,22-24H2,1,4-7H3,(H,39,42)/t26-,30+,31-,32-,33-,34-/m0/s1. The predicted octanol–water partition coefficient (Wildman–Crippen LogP) is 5.90. The largest absolute Gasteiger partial charge is 0.390 e. The van der Waals surface area contributed by atoms with Gasteiger partial charge in [-0.1, -0.05) is 86.9 Å². The number of aryl methyl sites for hydroxylation is 2. The summed E-state index contributed by atoms with van der Waals surface area (Å²) in [4.78, 5) is 28.5. The number of likely N-dealkylation sites (N-methyl/N-ethyl adjacent to an activating group) is 1. The van der Waals surface area contributed by atoms with Crippen LogP contribution in [0.25, 0.3) is 0 Å². The number of rotatable bonds is 18. The molecule has 2 amide bonds. The fourth-order valence-corrected chi connectivity index (χ4v) is 6.30. The average Bonchev–Trinajstić information content (AvgIpc) is 3.36. The third-order valence-corrected chi connectivity index (χ3v) is 8.71. The van der Waals surface area contributed by atoms with Crippen molar-refractivity contribution < 1.29 is 19.4 Å². The first kappa shape index (κ1) is 35.2. The first-order valence-electron chi connectivity index (χ1n) is 16.1. The van der Waals surface area contributed by atoms with Gasteiger partial charge in [-0.25, -0.2) is 0 Å². The Kier molecular flexibility index (Phi) is 13.8. The zero-order valence-electron chi connectivity index (χ0n) is 27.4. The van der Waals surface area contributed by atoms with Crippen molar-refractivity contribution in [2.75, 3.05) is 20.2 Å². The van der Waals surface area contributed by atoms with Crippen LogP contribution >= 0.6 is 0 Å². The minimum Gasteiger partial charge on any atom is -0.390 e. The number of nitrogens with zero attached hydrogens (tertiary/aromatic N) is 1. The monoisotopic (exact) mass is 603 g/mol. The highest BCUT2D eigenvalue weighted by Gasteiger charge is 2.35. The number of carbonyl (C=O) groups excluding carboxylic acids is 2. The molecule has 0 saturated heterocycles. The van der Waals surface area contributed by atoms with Gasteiger partial charge < -0.3 is 25.4 Å². The molecule has 1 aliphatic rings. The highest BCUT2D eigenvalue weighted by atomic mass is 16.5. The summed E-state index contributed by atoms with van der Waals surface area (Å²) in [7, 11) is 1.69. The molecule has 44 heavy (non-hydrogen) atoms. The number of carbonyl (C=O) groups is 2. The van der Waals surface area contributed by atoms with Crippen LogP contribution < -0.4 is 10.6 Å². The maximum atomic E-state index is 13.8. The number of unbranched alkanes of at least 4 members (excludes halogenated alkanes) is 1. The number of ether oxygens (including phenoxy) is 1. The Morgan fingerprint density at radius 2 is 1.89 bits per heavy atom. The summed E-state index contributed by atoms with van der Waals surface area (Å²) in [5.41, 5.74) is 5.78. The van der Waals surface area contributed by atoms with Gasteiger partial charge in [0.05, 0.1) is 24.9 Å². The highest BCUT2D eigenvalue weighted by Crippen LogP contribution is 2.43. The SMILES string of the molecule is C=CCO[C@H]1C[C@@H](NC[C@H](O)[C@H](Cc2ccccc2)NC(=O)[C@H](CC=C)N(C)C(=O)[C@@H](C)CCCC)c2cc(C)cc(C)c21. The van der Waals surface area contributed by atoms with Crippen LogP contribution in [-0.4, -0.2) is 60.2 Å². The third kappa shape index (κ3) is 9.37. The van der Waals surface area contributed by atoms with Gasteiger partial charge in [-0.3, -0.25) is 9.59 Å². The maximum absolute atomic E-state index is 13.8. The number of nitrogens with one attached hydrogen (secondary N) is 2. The number of aliphatic hydroxyl groups excluding tert-OH is 1. The zero-order chi connectivity index (χ0) is 32.2. The first-order valence-corrected chi connectivity index (χ1v) is 16.1. The molecule has 0 unspecified atom stereocenters. The topological polar surface area (TPSA) is 90.9 Å². The molecule has 0 saturated carbocycles. The summed E-state index contributed by atoms with van der Waals surface area (Å²) < 4.78 is 6.13. The summed E-state index contributed by atoms with van der Waals surface area (Å²) in [5, 5.41) is 18.3. The van der Waals surface area contributed by atoms with Gasteiger partial charge in [0.15, 0.2) is 0 Å². The third-order valence-electron chi connectivity index (χ3n) is 8.71. The quantitative estimate of drug-likeness (QED) is 0.185. The molecule has 0 bridgehead atoms. The Bertz CT molecular complexity index is 1250. The Balaban J connectivity index is 1.78. The van der Waals surface area contributed by atoms with E-state index in [-0.39, 0.29) is 36.4 Å². The van der Waals surface area contributed by atoms with Crippen LogP contribution in [0.5, 0.6) is 0 Å². The number of hydrogen-bond donors (Lipinski definition) is 3. The van der Waals surface area contributed by atoms with E-state index in [9.17, 15) is 14.7 Å². The average molecular weight is 604 g/mol. The van der Waals surface area contributed by atoms with Crippen LogP contribution in [0.2, 0.25) is 0 Å². The molecule has 3 N–H and O–H groups in total. The predicted molar refractivity (Wildman–Crippen MR) is 178 cm³/mol. The van der Waals surface area contributed by atoms with E-state index in [1.165, 1.54) is 22.3 Å². The van der Waals surface area contributed by atoms with Crippen LogP contribution in [0, 0.1) is 19.8 Å². The summed E-state index contributed by atoms with van der Waals surface area (Å²) >= 11 is 0. The molecule has 7 nitrogen and oxygen atoms in total. The Morgan fingerprint density at radius 1 is 1.16 bits per heavy atom. The molecule has 2 aromatic rings. The van der Waals surface area contributed by atoms with Crippen LogP contribution in [0.4, 0.5) is 0 Å². The molecule has 3 rings (SSSR count). The van der Waals surface area contributed by atoms with Gasteiger partial charge in [0.2, 0.25) is 11.8 Å². The molecule has 0 fully saturated rings. The second kappa shape index (κ2) is 17.3. The lowest BCUT2D eigenvalue weighted by Gasteiger charge is -2.32. The van der Waals surface area contributed by atoms with E-state index < -0.39 is 18.2 Å². The second-order valence-electron chi connectivity index (χ2n) is 12.3. The Labute approximate surface area is 264 Å². The van der Waals surface area contributed by atoms with Crippen molar-refractivity contribution in [3.05, 3.63) is 95.6 Å². The molecule has 0 aromatic heterocycles. The molecule has 0 aliphatic heterocycles. The van der Waals surface area contributed by atoms with E-state index in [4.69, 9.17) is 4.74 Å². The summed E-state index contributed by atoms with van der Waals surface area (Å²) in [6.45, 7) is 16.6. The highest BCUT2D eigenvalue weighted by molar-refractivity contribution is 5.88. The minimum absolute atomic E-state index is 0.00280. The molecule has 0 spiro atoms. The number of benzene rings is 2. The van der Waals surface area contributed by atoms with E-state index in [2.05, 4.69) is 56.7 Å². The molecule has 7 heteroatoms. The first-order chi connectivity index (χ1) is 21.1. The summed E-state index contributed by atoms with van der Waals surface area (Å²) in [6.07, 6.45) is 6.79. The Morgan fingerprint density at radius 3 is 2.55 bits per heavy atom. The number of amides is 2. The van der Waals surface area contributed by atoms with Crippen molar-refractivity contribution >= 4 is 11.8 Å². The van der Waals surface area contributed by atoms with Crippen LogP contribution in [0.1, 0.15) is 85.9 Å². The normalized spacial score (nSPS) is 18.5. The molecular weight excluding hydrogens is 550 g/mol. The molecule has 0 radical (unpaired) electrons. The second-order valence-corrected chi connectivity index (χ2v) is 12.3. The number of fused-ring (bicyclic) bond motifs is 1. The molecule has 0 heterocycles. The van der Waals surface area contributed by atoms with Gasteiger partial charge in [0.1, 0.15) is 6.04 Å². The van der Waals surface area contributed by atoms with Gasteiger partial charge in [-0.15, -0.1) is 13.2 Å². The van der Waals surface area contributed by atoms with E-state index in [0.717, 1.165) is 31.2 Å².